The monoisotopic (exact) mass is 208 g/mol. The van der Waals surface area contributed by atoms with Gasteiger partial charge in [-0.1, -0.05) is 6.07 Å². The maximum absolute atomic E-state index is 9.15. The van der Waals surface area contributed by atoms with E-state index in [2.05, 4.69) is 10.6 Å². The van der Waals surface area contributed by atoms with Gasteiger partial charge in [-0.15, -0.1) is 0 Å². The number of anilines is 2. The van der Waals surface area contributed by atoms with Crippen LogP contribution in [0.4, 0.5) is 11.4 Å². The van der Waals surface area contributed by atoms with E-state index in [0.717, 1.165) is 24.5 Å². The zero-order valence-corrected chi connectivity index (χ0v) is 9.12. The molecule has 4 nitrogen and oxygen atoms in total. The molecule has 1 aromatic carbocycles. The molecular formula is C10H17BN2O2. The molecule has 0 spiro atoms. The molecule has 1 rings (SSSR count). The van der Waals surface area contributed by atoms with Gasteiger partial charge in [-0.3, -0.25) is 0 Å². The Morgan fingerprint density at radius 1 is 1.13 bits per heavy atom. The van der Waals surface area contributed by atoms with Crippen molar-refractivity contribution in [1.29, 1.82) is 0 Å². The lowest BCUT2D eigenvalue weighted by molar-refractivity contribution is 0.426. The van der Waals surface area contributed by atoms with Crippen LogP contribution in [-0.2, 0) is 0 Å². The summed E-state index contributed by atoms with van der Waals surface area (Å²) < 4.78 is 0. The lowest BCUT2D eigenvalue weighted by Crippen LogP contribution is -2.32. The summed E-state index contributed by atoms with van der Waals surface area (Å²) in [6.45, 7) is 5.57. The largest absolute Gasteiger partial charge is 0.490 e. The van der Waals surface area contributed by atoms with Crippen LogP contribution in [0.5, 0.6) is 0 Å². The summed E-state index contributed by atoms with van der Waals surface area (Å²) in [4.78, 5) is 0. The van der Waals surface area contributed by atoms with Gasteiger partial charge in [0.2, 0.25) is 0 Å². The zero-order valence-electron chi connectivity index (χ0n) is 9.12. The van der Waals surface area contributed by atoms with Gasteiger partial charge >= 0.3 is 7.12 Å². The SMILES string of the molecule is CCNc1ccc(B(O)O)c(NCC)c1. The van der Waals surface area contributed by atoms with Crippen molar-refractivity contribution in [2.24, 2.45) is 0 Å². The molecule has 0 unspecified atom stereocenters. The summed E-state index contributed by atoms with van der Waals surface area (Å²) in [5.41, 5.74) is 2.22. The van der Waals surface area contributed by atoms with Crippen LogP contribution in [0, 0.1) is 0 Å². The Kier molecular flexibility index (Phi) is 4.46. The Morgan fingerprint density at radius 3 is 2.33 bits per heavy atom. The molecule has 0 fully saturated rings. The van der Waals surface area contributed by atoms with Crippen molar-refractivity contribution in [2.75, 3.05) is 23.7 Å². The lowest BCUT2D eigenvalue weighted by atomic mass is 9.79. The average molecular weight is 208 g/mol. The molecular weight excluding hydrogens is 191 g/mol. The first-order chi connectivity index (χ1) is 7.19. The third kappa shape index (κ3) is 3.14. The summed E-state index contributed by atoms with van der Waals surface area (Å²) in [6.07, 6.45) is 0. The van der Waals surface area contributed by atoms with Crippen LogP contribution in [0.3, 0.4) is 0 Å². The minimum atomic E-state index is -1.44. The van der Waals surface area contributed by atoms with E-state index < -0.39 is 7.12 Å². The first-order valence-corrected chi connectivity index (χ1v) is 5.16. The van der Waals surface area contributed by atoms with Gasteiger partial charge < -0.3 is 20.7 Å². The predicted octanol–water partition coefficient (Wildman–Crippen LogP) is 0.230. The molecule has 0 heterocycles. The zero-order chi connectivity index (χ0) is 11.3. The summed E-state index contributed by atoms with van der Waals surface area (Å²) in [5.74, 6) is 0. The number of nitrogens with one attached hydrogen (secondary N) is 2. The standard InChI is InChI=1S/C10H17BN2O2/c1-3-12-8-5-6-9(11(14)15)10(7-8)13-4-2/h5-7,12-15H,3-4H2,1-2H3. The highest BCUT2D eigenvalue weighted by Crippen LogP contribution is 2.13. The predicted molar refractivity (Wildman–Crippen MR) is 64.6 cm³/mol. The van der Waals surface area contributed by atoms with Gasteiger partial charge in [0, 0.05) is 29.9 Å². The molecule has 0 aromatic heterocycles. The Hall–Kier alpha value is -1.20. The minimum Gasteiger partial charge on any atom is -0.423 e. The van der Waals surface area contributed by atoms with Gasteiger partial charge in [0.15, 0.2) is 0 Å². The highest BCUT2D eigenvalue weighted by atomic mass is 16.4. The Labute approximate surface area is 90.5 Å². The maximum atomic E-state index is 9.15. The third-order valence-corrected chi connectivity index (χ3v) is 2.08. The highest BCUT2D eigenvalue weighted by molar-refractivity contribution is 6.60. The van der Waals surface area contributed by atoms with Crippen molar-refractivity contribution in [2.45, 2.75) is 13.8 Å². The normalized spacial score (nSPS) is 9.87. The molecule has 4 N–H and O–H groups in total. The fourth-order valence-electron chi connectivity index (χ4n) is 1.44. The van der Waals surface area contributed by atoms with Crippen LogP contribution in [0.1, 0.15) is 13.8 Å². The Bertz CT molecular complexity index is 318. The quantitative estimate of drug-likeness (QED) is 0.523. The van der Waals surface area contributed by atoms with Gasteiger partial charge in [-0.05, 0) is 26.0 Å². The Balaban J connectivity index is 2.97. The van der Waals surface area contributed by atoms with E-state index in [1.807, 2.05) is 26.0 Å². The summed E-state index contributed by atoms with van der Waals surface area (Å²) >= 11 is 0. The van der Waals surface area contributed by atoms with E-state index >= 15 is 0 Å². The van der Waals surface area contributed by atoms with Gasteiger partial charge in [0.05, 0.1) is 0 Å². The van der Waals surface area contributed by atoms with E-state index in [1.54, 1.807) is 6.07 Å². The van der Waals surface area contributed by atoms with E-state index in [4.69, 9.17) is 10.0 Å². The first kappa shape index (κ1) is 11.9. The molecule has 0 atom stereocenters. The summed E-state index contributed by atoms with van der Waals surface area (Å²) in [6, 6.07) is 5.42. The van der Waals surface area contributed by atoms with E-state index in [9.17, 15) is 0 Å². The van der Waals surface area contributed by atoms with Crippen molar-refractivity contribution < 1.29 is 10.0 Å². The molecule has 0 aliphatic carbocycles. The van der Waals surface area contributed by atoms with Crippen molar-refractivity contribution in [3.63, 3.8) is 0 Å². The molecule has 0 amide bonds. The smallest absolute Gasteiger partial charge is 0.423 e. The fourth-order valence-corrected chi connectivity index (χ4v) is 1.44. The topological polar surface area (TPSA) is 64.5 Å². The molecule has 0 saturated carbocycles. The fraction of sp³-hybridized carbons (Fsp3) is 0.400. The van der Waals surface area contributed by atoms with E-state index in [0.29, 0.717) is 5.46 Å². The molecule has 0 saturated heterocycles. The van der Waals surface area contributed by atoms with Crippen LogP contribution in [0.25, 0.3) is 0 Å². The van der Waals surface area contributed by atoms with Crippen molar-refractivity contribution in [1.82, 2.24) is 0 Å². The maximum Gasteiger partial charge on any atom is 0.490 e. The second-order valence-corrected chi connectivity index (χ2v) is 3.24. The van der Waals surface area contributed by atoms with Crippen LogP contribution in [0.15, 0.2) is 18.2 Å². The van der Waals surface area contributed by atoms with Crippen molar-refractivity contribution >= 4 is 24.0 Å². The molecule has 82 valence electrons. The van der Waals surface area contributed by atoms with Gasteiger partial charge in [0.25, 0.3) is 0 Å². The third-order valence-electron chi connectivity index (χ3n) is 2.08. The first-order valence-electron chi connectivity index (χ1n) is 5.16. The van der Waals surface area contributed by atoms with Crippen LogP contribution >= 0.6 is 0 Å². The van der Waals surface area contributed by atoms with Crippen LogP contribution in [-0.4, -0.2) is 30.3 Å². The number of hydrogen-bond donors (Lipinski definition) is 4. The Morgan fingerprint density at radius 2 is 1.80 bits per heavy atom. The molecule has 0 aliphatic rings. The number of benzene rings is 1. The van der Waals surface area contributed by atoms with Crippen LogP contribution in [0.2, 0.25) is 0 Å². The van der Waals surface area contributed by atoms with Gasteiger partial charge in [0.1, 0.15) is 0 Å². The second kappa shape index (κ2) is 5.63. The second-order valence-electron chi connectivity index (χ2n) is 3.24. The molecule has 0 bridgehead atoms. The molecule has 0 radical (unpaired) electrons. The highest BCUT2D eigenvalue weighted by Gasteiger charge is 2.15. The molecule has 1 aromatic rings. The lowest BCUT2D eigenvalue weighted by Gasteiger charge is -2.12. The molecule has 0 aliphatic heterocycles. The molecule has 15 heavy (non-hydrogen) atoms. The number of rotatable bonds is 5. The summed E-state index contributed by atoms with van der Waals surface area (Å²) in [5, 5.41) is 24.6. The average Bonchev–Trinajstić information content (AvgIpc) is 2.18. The van der Waals surface area contributed by atoms with Crippen molar-refractivity contribution in [3.05, 3.63) is 18.2 Å². The van der Waals surface area contributed by atoms with E-state index in [1.165, 1.54) is 0 Å². The van der Waals surface area contributed by atoms with E-state index in [-0.39, 0.29) is 0 Å². The summed E-state index contributed by atoms with van der Waals surface area (Å²) in [7, 11) is -1.44. The van der Waals surface area contributed by atoms with Crippen LogP contribution < -0.4 is 16.1 Å². The van der Waals surface area contributed by atoms with Crippen molar-refractivity contribution in [3.8, 4) is 0 Å². The molecule has 5 heteroatoms. The minimum absolute atomic E-state index is 0.499. The number of hydrogen-bond acceptors (Lipinski definition) is 4. The van der Waals surface area contributed by atoms with Gasteiger partial charge in [-0.2, -0.15) is 0 Å². The van der Waals surface area contributed by atoms with Gasteiger partial charge in [-0.25, -0.2) is 0 Å².